The number of nitrogens with zero attached hydrogens (tertiary/aromatic N) is 7. The fourth-order valence-corrected chi connectivity index (χ4v) is 12.8. The third-order valence-electron chi connectivity index (χ3n) is 17.4. The SMILES string of the molecule is N#Cc1c(-n2c3ccc(-c4ccc(-c5ccccc5)nc4)cc3c3cc(-c4ccc(-c5ccccc5)nc4)ccc32)ccc(-c2c(F)c(F)c(F)c(F)c2F)c1-n1c2ccc(-c3ccc(-c4ccccc4)nc3)cc2c2cc(-c3ccc(-c4ccccc4)nc3)ccc21. The Morgan fingerprint density at radius 1 is 0.280 bits per heavy atom. The molecule has 6 aromatic heterocycles. The van der Waals surface area contributed by atoms with Crippen LogP contribution in [-0.4, -0.2) is 29.1 Å². The molecule has 0 fully saturated rings. The average molecular weight is 1210 g/mol. The van der Waals surface area contributed by atoms with E-state index in [1.54, 1.807) is 17.0 Å². The molecular weight excluding hydrogens is 1170 g/mol. The maximum absolute atomic E-state index is 16.9. The number of hydrogen-bond acceptors (Lipinski definition) is 5. The molecule has 0 radical (unpaired) electrons. The van der Waals surface area contributed by atoms with Gasteiger partial charge in [0.15, 0.2) is 23.3 Å². The molecule has 12 heteroatoms. The maximum atomic E-state index is 16.9. The first-order valence-corrected chi connectivity index (χ1v) is 30.0. The molecule has 0 amide bonds. The van der Waals surface area contributed by atoms with E-state index in [0.717, 1.165) is 100 Å². The minimum Gasteiger partial charge on any atom is -0.308 e. The van der Waals surface area contributed by atoms with Gasteiger partial charge in [-0.05, 0) is 107 Å². The highest BCUT2D eigenvalue weighted by Crippen LogP contribution is 2.46. The maximum Gasteiger partial charge on any atom is 0.200 e. The number of pyridine rings is 4. The summed E-state index contributed by atoms with van der Waals surface area (Å²) in [6.07, 6.45) is 7.25. The molecule has 440 valence electrons. The Morgan fingerprint density at radius 2 is 0.570 bits per heavy atom. The Bertz CT molecular complexity index is 5330. The first-order valence-electron chi connectivity index (χ1n) is 30.0. The summed E-state index contributed by atoms with van der Waals surface area (Å²) in [6.45, 7) is 0. The summed E-state index contributed by atoms with van der Waals surface area (Å²) in [4.78, 5) is 19.4. The predicted molar refractivity (Wildman–Crippen MR) is 360 cm³/mol. The monoisotopic (exact) mass is 1210 g/mol. The molecule has 0 N–H and O–H groups in total. The lowest BCUT2D eigenvalue weighted by atomic mass is 9.96. The van der Waals surface area contributed by atoms with Gasteiger partial charge in [-0.1, -0.05) is 170 Å². The van der Waals surface area contributed by atoms with Crippen LogP contribution in [0.2, 0.25) is 0 Å². The summed E-state index contributed by atoms with van der Waals surface area (Å²) in [5.41, 5.74) is 14.2. The Balaban J connectivity index is 0.944. The molecule has 0 aliphatic heterocycles. The Morgan fingerprint density at radius 3 is 0.860 bits per heavy atom. The third-order valence-corrected chi connectivity index (χ3v) is 17.4. The van der Waals surface area contributed by atoms with Crippen molar-refractivity contribution in [3.8, 4) is 118 Å². The molecule has 16 aromatic rings. The fourth-order valence-electron chi connectivity index (χ4n) is 12.8. The molecule has 0 aliphatic rings. The van der Waals surface area contributed by atoms with Crippen LogP contribution in [0, 0.1) is 40.4 Å². The third kappa shape index (κ3) is 9.66. The van der Waals surface area contributed by atoms with Crippen LogP contribution >= 0.6 is 0 Å². The molecule has 0 saturated heterocycles. The molecule has 7 nitrogen and oxygen atoms in total. The van der Waals surface area contributed by atoms with Gasteiger partial charge in [0.1, 0.15) is 11.6 Å². The zero-order chi connectivity index (χ0) is 62.8. The van der Waals surface area contributed by atoms with Crippen molar-refractivity contribution in [2.45, 2.75) is 0 Å². The lowest BCUT2D eigenvalue weighted by Gasteiger charge is -2.21. The summed E-state index contributed by atoms with van der Waals surface area (Å²) in [7, 11) is 0. The van der Waals surface area contributed by atoms with Crippen molar-refractivity contribution >= 4 is 43.6 Å². The van der Waals surface area contributed by atoms with Gasteiger partial charge in [-0.15, -0.1) is 0 Å². The first kappa shape index (κ1) is 55.8. The number of halogens is 5. The Hall–Kier alpha value is -12.5. The summed E-state index contributed by atoms with van der Waals surface area (Å²) in [6, 6.07) is 84.0. The van der Waals surface area contributed by atoms with Crippen molar-refractivity contribution in [3.05, 3.63) is 314 Å². The van der Waals surface area contributed by atoms with E-state index in [1.165, 1.54) is 12.1 Å². The van der Waals surface area contributed by atoms with Gasteiger partial charge in [0, 0.05) is 96.4 Å². The molecule has 10 aromatic carbocycles. The van der Waals surface area contributed by atoms with E-state index in [2.05, 4.69) is 18.2 Å². The lowest BCUT2D eigenvalue weighted by Crippen LogP contribution is -2.10. The van der Waals surface area contributed by atoms with Gasteiger partial charge < -0.3 is 9.13 Å². The summed E-state index contributed by atoms with van der Waals surface area (Å²) >= 11 is 0. The van der Waals surface area contributed by atoms with E-state index in [1.807, 2.05) is 247 Å². The van der Waals surface area contributed by atoms with E-state index >= 15 is 22.0 Å². The van der Waals surface area contributed by atoms with Crippen LogP contribution in [-0.2, 0) is 0 Å². The molecule has 0 aliphatic carbocycles. The van der Waals surface area contributed by atoms with Crippen molar-refractivity contribution in [1.29, 1.82) is 5.26 Å². The average Bonchev–Trinajstić information content (AvgIpc) is 1.62. The first-order chi connectivity index (χ1) is 45.6. The van der Waals surface area contributed by atoms with E-state index in [0.29, 0.717) is 32.8 Å². The van der Waals surface area contributed by atoms with Gasteiger partial charge in [0.25, 0.3) is 0 Å². The van der Waals surface area contributed by atoms with Gasteiger partial charge in [0.05, 0.1) is 61.8 Å². The quantitative estimate of drug-likeness (QED) is 0.0732. The fraction of sp³-hybridized carbons (Fsp3) is 0. The second-order valence-electron chi connectivity index (χ2n) is 22.7. The van der Waals surface area contributed by atoms with Crippen LogP contribution in [0.4, 0.5) is 22.0 Å². The van der Waals surface area contributed by atoms with Crippen molar-refractivity contribution in [3.63, 3.8) is 0 Å². The van der Waals surface area contributed by atoms with Crippen LogP contribution in [0.25, 0.3) is 156 Å². The second kappa shape index (κ2) is 22.8. The van der Waals surface area contributed by atoms with Gasteiger partial charge >= 0.3 is 0 Å². The zero-order valence-electron chi connectivity index (χ0n) is 49.1. The topological polar surface area (TPSA) is 85.2 Å². The smallest absolute Gasteiger partial charge is 0.200 e. The standard InChI is InChI=1S/C81H46F5N7/c82-76-75(77(83)79(85)80(86)78(76)84)60-29-38-74(92-70-34-25-52(56-21-30-66(88-44-56)48-13-5-1-6-14-48)39-61(70)62-40-53(26-35-71(62)92)57-22-31-67(89-45-57)49-15-7-2-8-16-49)65(43-87)81(60)93-72-36-27-54(58-23-32-68(90-46-58)50-17-9-3-10-18-50)41-63(72)64-42-55(28-37-73(64)93)59-24-33-69(91-47-59)51-19-11-4-12-20-51/h1-42,44-47H. The largest absolute Gasteiger partial charge is 0.308 e. The number of hydrogen-bond donors (Lipinski definition) is 0. The second-order valence-corrected chi connectivity index (χ2v) is 22.7. The van der Waals surface area contributed by atoms with E-state index in [4.69, 9.17) is 19.9 Å². The van der Waals surface area contributed by atoms with Crippen LogP contribution in [0.15, 0.2) is 280 Å². The Labute approximate surface area is 529 Å². The van der Waals surface area contributed by atoms with Crippen molar-refractivity contribution in [1.82, 2.24) is 29.1 Å². The summed E-state index contributed by atoms with van der Waals surface area (Å²) in [5, 5.41) is 14.9. The van der Waals surface area contributed by atoms with Crippen LogP contribution in [0.1, 0.15) is 5.56 Å². The highest BCUT2D eigenvalue weighted by Gasteiger charge is 2.32. The highest BCUT2D eigenvalue weighted by atomic mass is 19.2. The summed E-state index contributed by atoms with van der Waals surface area (Å²) < 4.78 is 84.1. The number of nitriles is 1. The molecule has 0 spiro atoms. The number of rotatable bonds is 11. The van der Waals surface area contributed by atoms with Gasteiger partial charge in [-0.2, -0.15) is 5.26 Å². The minimum absolute atomic E-state index is 0.126. The highest BCUT2D eigenvalue weighted by molar-refractivity contribution is 6.14. The van der Waals surface area contributed by atoms with Gasteiger partial charge in [-0.3, -0.25) is 19.9 Å². The van der Waals surface area contributed by atoms with Crippen molar-refractivity contribution < 1.29 is 22.0 Å². The van der Waals surface area contributed by atoms with Gasteiger partial charge in [0.2, 0.25) is 5.82 Å². The number of benzene rings is 10. The minimum atomic E-state index is -2.31. The lowest BCUT2D eigenvalue weighted by molar-refractivity contribution is 0.381. The number of fused-ring (bicyclic) bond motifs is 6. The predicted octanol–water partition coefficient (Wildman–Crippen LogP) is 21.0. The molecule has 0 atom stereocenters. The van der Waals surface area contributed by atoms with Crippen LogP contribution < -0.4 is 0 Å². The summed E-state index contributed by atoms with van der Waals surface area (Å²) in [5.74, 6) is -10.7. The molecule has 16 rings (SSSR count). The molecule has 6 heterocycles. The number of aromatic nitrogens is 6. The van der Waals surface area contributed by atoms with Crippen LogP contribution in [0.5, 0.6) is 0 Å². The van der Waals surface area contributed by atoms with Crippen molar-refractivity contribution in [2.75, 3.05) is 0 Å². The zero-order valence-corrected chi connectivity index (χ0v) is 49.1. The van der Waals surface area contributed by atoms with Crippen molar-refractivity contribution in [2.24, 2.45) is 0 Å². The van der Waals surface area contributed by atoms with E-state index in [9.17, 15) is 5.26 Å². The molecule has 0 unspecified atom stereocenters. The van der Waals surface area contributed by atoms with E-state index in [-0.39, 0.29) is 16.9 Å². The normalized spacial score (nSPS) is 11.5. The molecular formula is C81H46F5N7. The van der Waals surface area contributed by atoms with Crippen LogP contribution in [0.3, 0.4) is 0 Å². The van der Waals surface area contributed by atoms with Gasteiger partial charge in [-0.25, -0.2) is 22.0 Å². The van der Waals surface area contributed by atoms with E-state index < -0.39 is 40.2 Å². The molecule has 0 saturated carbocycles. The molecule has 0 bridgehead atoms. The molecule has 93 heavy (non-hydrogen) atoms. The Kier molecular flexibility index (Phi) is 13.7.